The van der Waals surface area contributed by atoms with Crippen LogP contribution in [-0.2, 0) is 0 Å². The van der Waals surface area contributed by atoms with Crippen LogP contribution in [0.1, 0.15) is 81.9 Å². The summed E-state index contributed by atoms with van der Waals surface area (Å²) in [4.78, 5) is 24.3. The predicted molar refractivity (Wildman–Crippen MR) is 150 cm³/mol. The first kappa shape index (κ1) is 27.3. The molecule has 0 unspecified atom stereocenters. The van der Waals surface area contributed by atoms with Gasteiger partial charge in [0, 0.05) is 0 Å². The molecular formula is C31H37BO4. The lowest BCUT2D eigenvalue weighted by Crippen LogP contribution is -2.58. The summed E-state index contributed by atoms with van der Waals surface area (Å²) in [6, 6.07) is 4.39. The number of aryl methyl sites for hydroxylation is 3. The van der Waals surface area contributed by atoms with Crippen LogP contribution in [0, 0.1) is 76.2 Å². The highest BCUT2D eigenvalue weighted by Crippen LogP contribution is 2.25. The number of hydrogen-bond donors (Lipinski definition) is 2. The van der Waals surface area contributed by atoms with Crippen molar-refractivity contribution < 1.29 is 19.8 Å². The van der Waals surface area contributed by atoms with Gasteiger partial charge in [-0.05, 0) is 98.4 Å². The first-order valence-corrected chi connectivity index (χ1v) is 12.4. The van der Waals surface area contributed by atoms with Gasteiger partial charge >= 0.3 is 11.9 Å². The lowest BCUT2D eigenvalue weighted by atomic mass is 9.32. The maximum Gasteiger partial charge on any atom is 0.336 e. The van der Waals surface area contributed by atoms with Crippen LogP contribution in [-0.4, -0.2) is 28.9 Å². The summed E-state index contributed by atoms with van der Waals surface area (Å²) in [6.45, 7) is 21.9. The van der Waals surface area contributed by atoms with E-state index in [1.165, 1.54) is 22.2 Å². The maximum atomic E-state index is 12.2. The normalized spacial score (nSPS) is 11.1. The van der Waals surface area contributed by atoms with Gasteiger partial charge in [0.15, 0.2) is 0 Å². The fourth-order valence-electron chi connectivity index (χ4n) is 6.27. The zero-order valence-corrected chi connectivity index (χ0v) is 23.4. The van der Waals surface area contributed by atoms with Crippen molar-refractivity contribution in [3.63, 3.8) is 0 Å². The van der Waals surface area contributed by atoms with Gasteiger partial charge in [0.1, 0.15) is 0 Å². The second-order valence-corrected chi connectivity index (χ2v) is 10.4. The van der Waals surface area contributed by atoms with Crippen molar-refractivity contribution in [1.29, 1.82) is 0 Å². The Labute approximate surface area is 215 Å². The third-order valence-corrected chi connectivity index (χ3v) is 8.40. The third kappa shape index (κ3) is 4.15. The molecule has 4 nitrogen and oxygen atoms in total. The van der Waals surface area contributed by atoms with E-state index in [0.717, 1.165) is 55.4 Å². The summed E-state index contributed by atoms with van der Waals surface area (Å²) in [7, 11) is 0. The molecule has 0 fully saturated rings. The lowest BCUT2D eigenvalue weighted by molar-refractivity contribution is 0.0684. The van der Waals surface area contributed by atoms with Crippen molar-refractivity contribution in [3.05, 3.63) is 84.5 Å². The van der Waals surface area contributed by atoms with E-state index in [-0.39, 0.29) is 6.71 Å². The Morgan fingerprint density at radius 1 is 0.500 bits per heavy atom. The van der Waals surface area contributed by atoms with Crippen molar-refractivity contribution in [2.75, 3.05) is 0 Å². The molecule has 2 N–H and O–H groups in total. The number of hydrogen-bond acceptors (Lipinski definition) is 2. The zero-order chi connectivity index (χ0) is 27.4. The van der Waals surface area contributed by atoms with Gasteiger partial charge < -0.3 is 10.2 Å². The number of carboxylic acids is 2. The molecule has 0 atom stereocenters. The monoisotopic (exact) mass is 484 g/mol. The minimum absolute atomic E-state index is 0.161. The second-order valence-electron chi connectivity index (χ2n) is 10.4. The lowest BCUT2D eigenvalue weighted by Gasteiger charge is -2.30. The summed E-state index contributed by atoms with van der Waals surface area (Å²) in [6.07, 6.45) is 0. The standard InChI is InChI=1S/C31H37BO4/c1-14-12-15(2)27(16(3)13-14)32(28-21(8)17(4)25(30(33)34)18(5)22(28)9)29-23(10)19(6)26(31(35)36)20(7)24(29)11/h12-13H,1-11H3,(H,33,34)(H,35,36). The van der Waals surface area contributed by atoms with Crippen molar-refractivity contribution in [1.82, 2.24) is 0 Å². The summed E-state index contributed by atoms with van der Waals surface area (Å²) in [5.41, 5.74) is 14.7. The Balaban J connectivity index is 2.63. The van der Waals surface area contributed by atoms with Gasteiger partial charge in [0.2, 0.25) is 6.71 Å². The predicted octanol–water partition coefficient (Wildman–Crippen LogP) is 4.99. The molecule has 0 radical (unpaired) electrons. The molecule has 0 spiro atoms. The van der Waals surface area contributed by atoms with Gasteiger partial charge in [-0.25, -0.2) is 9.59 Å². The second kappa shape index (κ2) is 9.61. The first-order valence-electron chi connectivity index (χ1n) is 12.4. The highest BCUT2D eigenvalue weighted by Gasteiger charge is 2.35. The van der Waals surface area contributed by atoms with E-state index in [4.69, 9.17) is 0 Å². The molecule has 0 saturated heterocycles. The molecule has 5 heteroatoms. The molecule has 0 aliphatic rings. The van der Waals surface area contributed by atoms with Gasteiger partial charge in [-0.15, -0.1) is 0 Å². The molecule has 0 heterocycles. The third-order valence-electron chi connectivity index (χ3n) is 8.40. The van der Waals surface area contributed by atoms with Crippen molar-refractivity contribution in [2.45, 2.75) is 76.2 Å². The Hall–Kier alpha value is -3.34. The van der Waals surface area contributed by atoms with Crippen LogP contribution in [0.3, 0.4) is 0 Å². The molecule has 188 valence electrons. The Morgan fingerprint density at radius 3 is 1.03 bits per heavy atom. The summed E-state index contributed by atoms with van der Waals surface area (Å²) < 4.78 is 0. The van der Waals surface area contributed by atoms with Crippen molar-refractivity contribution >= 4 is 35.0 Å². The van der Waals surface area contributed by atoms with Gasteiger partial charge in [-0.2, -0.15) is 0 Å². The smallest absolute Gasteiger partial charge is 0.336 e. The molecule has 0 aliphatic heterocycles. The van der Waals surface area contributed by atoms with Crippen LogP contribution in [0.5, 0.6) is 0 Å². The Morgan fingerprint density at radius 2 is 0.778 bits per heavy atom. The van der Waals surface area contributed by atoms with E-state index in [2.05, 4.69) is 32.9 Å². The van der Waals surface area contributed by atoms with Crippen LogP contribution in [0.2, 0.25) is 0 Å². The molecule has 0 bridgehead atoms. The maximum absolute atomic E-state index is 12.2. The van der Waals surface area contributed by atoms with E-state index in [9.17, 15) is 19.8 Å². The number of benzene rings is 3. The summed E-state index contributed by atoms with van der Waals surface area (Å²) in [5.74, 6) is -1.82. The molecule has 36 heavy (non-hydrogen) atoms. The van der Waals surface area contributed by atoms with Crippen LogP contribution in [0.4, 0.5) is 0 Å². The number of aromatic carboxylic acids is 2. The SMILES string of the molecule is Cc1cc(C)c(B(c2c(C)c(C)c(C(=O)O)c(C)c2C)c2c(C)c(C)c(C(=O)O)c(C)c2C)c(C)c1. The number of carbonyl (C=O) groups is 2. The minimum Gasteiger partial charge on any atom is -0.478 e. The molecule has 0 saturated carbocycles. The largest absolute Gasteiger partial charge is 0.478 e. The molecule has 3 aromatic rings. The highest BCUT2D eigenvalue weighted by molar-refractivity contribution is 6.97. The fourth-order valence-corrected chi connectivity index (χ4v) is 6.27. The van der Waals surface area contributed by atoms with Crippen molar-refractivity contribution in [3.8, 4) is 0 Å². The fraction of sp³-hybridized carbons (Fsp3) is 0.355. The van der Waals surface area contributed by atoms with E-state index >= 15 is 0 Å². The average Bonchev–Trinajstić information content (AvgIpc) is 2.75. The first-order chi connectivity index (χ1) is 16.6. The number of rotatable bonds is 5. The molecule has 0 aliphatic carbocycles. The van der Waals surface area contributed by atoms with E-state index in [1.54, 1.807) is 0 Å². The van der Waals surface area contributed by atoms with E-state index < -0.39 is 11.9 Å². The van der Waals surface area contributed by atoms with Crippen LogP contribution in [0.15, 0.2) is 12.1 Å². The van der Waals surface area contributed by atoms with E-state index in [0.29, 0.717) is 11.1 Å². The van der Waals surface area contributed by atoms with Gasteiger partial charge in [0.05, 0.1) is 11.1 Å². The van der Waals surface area contributed by atoms with E-state index in [1.807, 2.05) is 55.4 Å². The molecule has 0 aromatic heterocycles. The van der Waals surface area contributed by atoms with Crippen molar-refractivity contribution in [2.24, 2.45) is 0 Å². The highest BCUT2D eigenvalue weighted by atomic mass is 16.4. The Bertz CT molecular complexity index is 1280. The Kier molecular flexibility index (Phi) is 7.28. The molecule has 0 amide bonds. The molecule has 3 aromatic carbocycles. The van der Waals surface area contributed by atoms with Gasteiger partial charge in [-0.3, -0.25) is 0 Å². The van der Waals surface area contributed by atoms with Crippen LogP contribution in [0.25, 0.3) is 0 Å². The number of carboxylic acid groups (broad SMARTS) is 2. The summed E-state index contributed by atoms with van der Waals surface area (Å²) in [5, 5.41) is 19.9. The summed E-state index contributed by atoms with van der Waals surface area (Å²) >= 11 is 0. The quantitative estimate of drug-likeness (QED) is 0.501. The van der Waals surface area contributed by atoms with Gasteiger partial charge in [-0.1, -0.05) is 67.5 Å². The minimum atomic E-state index is -0.910. The van der Waals surface area contributed by atoms with Crippen LogP contribution >= 0.6 is 0 Å². The van der Waals surface area contributed by atoms with Gasteiger partial charge in [0.25, 0.3) is 0 Å². The molecular weight excluding hydrogens is 447 g/mol. The topological polar surface area (TPSA) is 74.6 Å². The average molecular weight is 484 g/mol. The molecule has 3 rings (SSSR count). The van der Waals surface area contributed by atoms with Crippen LogP contribution < -0.4 is 16.4 Å². The zero-order valence-electron chi connectivity index (χ0n) is 23.4.